The maximum atomic E-state index is 9.10. The molecule has 0 unspecified atom stereocenters. The van der Waals surface area contributed by atoms with Crippen molar-refractivity contribution in [2.75, 3.05) is 6.61 Å². The fourth-order valence-corrected chi connectivity index (χ4v) is 2.26. The molecule has 0 radical (unpaired) electrons. The molecule has 0 saturated carbocycles. The predicted molar refractivity (Wildman–Crippen MR) is 68.2 cm³/mol. The number of nitrogens with zero attached hydrogens (tertiary/aromatic N) is 2. The number of fused-ring (bicyclic) bond motifs is 1. The molecule has 2 heterocycles. The fraction of sp³-hybridized carbons (Fsp3) is 0.200. The molecule has 1 aliphatic rings. The lowest BCUT2D eigenvalue weighted by Gasteiger charge is -2.18. The Bertz CT molecular complexity index is 629. The number of pyridine rings is 1. The number of aromatic nitrogens is 1. The minimum atomic E-state index is 0.606. The summed E-state index contributed by atoms with van der Waals surface area (Å²) in [4.78, 5) is 3.98. The van der Waals surface area contributed by atoms with E-state index in [0.29, 0.717) is 5.56 Å². The highest BCUT2D eigenvalue weighted by Crippen LogP contribution is 2.31. The molecule has 2 aromatic rings. The van der Waals surface area contributed by atoms with Gasteiger partial charge in [-0.25, -0.2) is 0 Å². The molecule has 3 nitrogen and oxygen atoms in total. The summed E-state index contributed by atoms with van der Waals surface area (Å²) in [7, 11) is 0. The predicted octanol–water partition coefficient (Wildman–Crippen LogP) is 2.95. The molecule has 3 rings (SSSR count). The molecule has 0 aliphatic carbocycles. The first-order valence-electron chi connectivity index (χ1n) is 5.99. The van der Waals surface area contributed by atoms with Gasteiger partial charge in [-0.05, 0) is 42.2 Å². The molecule has 0 N–H and O–H groups in total. The van der Waals surface area contributed by atoms with Crippen molar-refractivity contribution in [3.05, 3.63) is 47.8 Å². The Balaban J connectivity index is 2.10. The van der Waals surface area contributed by atoms with Gasteiger partial charge in [-0.2, -0.15) is 5.26 Å². The van der Waals surface area contributed by atoms with Gasteiger partial charge in [-0.3, -0.25) is 4.98 Å². The molecule has 1 aromatic carbocycles. The van der Waals surface area contributed by atoms with E-state index in [1.165, 1.54) is 5.56 Å². The third kappa shape index (κ3) is 1.82. The van der Waals surface area contributed by atoms with E-state index in [0.717, 1.165) is 36.3 Å². The van der Waals surface area contributed by atoms with Gasteiger partial charge in [0.05, 0.1) is 12.2 Å². The molecule has 0 saturated heterocycles. The number of benzene rings is 1. The van der Waals surface area contributed by atoms with Crippen molar-refractivity contribution in [2.24, 2.45) is 0 Å². The van der Waals surface area contributed by atoms with Crippen molar-refractivity contribution in [3.63, 3.8) is 0 Å². The van der Waals surface area contributed by atoms with Crippen LogP contribution in [0, 0.1) is 11.3 Å². The summed E-state index contributed by atoms with van der Waals surface area (Å²) < 4.78 is 5.59. The third-order valence-corrected chi connectivity index (χ3v) is 3.16. The Labute approximate surface area is 106 Å². The van der Waals surface area contributed by atoms with Crippen LogP contribution in [0.5, 0.6) is 5.75 Å². The zero-order chi connectivity index (χ0) is 12.4. The second kappa shape index (κ2) is 4.50. The van der Waals surface area contributed by atoms with Crippen molar-refractivity contribution in [3.8, 4) is 22.9 Å². The lowest BCUT2D eigenvalue weighted by molar-refractivity contribution is 0.288. The molecule has 1 aromatic heterocycles. The quantitative estimate of drug-likeness (QED) is 0.764. The largest absolute Gasteiger partial charge is 0.493 e. The number of aryl methyl sites for hydroxylation is 1. The van der Waals surface area contributed by atoms with Gasteiger partial charge in [-0.15, -0.1) is 0 Å². The number of hydrogen-bond donors (Lipinski definition) is 0. The zero-order valence-electron chi connectivity index (χ0n) is 9.89. The van der Waals surface area contributed by atoms with E-state index >= 15 is 0 Å². The average molecular weight is 236 g/mol. The first-order valence-corrected chi connectivity index (χ1v) is 5.99. The van der Waals surface area contributed by atoms with Gasteiger partial charge in [0.1, 0.15) is 11.8 Å². The third-order valence-electron chi connectivity index (χ3n) is 3.16. The second-order valence-electron chi connectivity index (χ2n) is 4.31. The molecule has 88 valence electrons. The molecule has 3 heteroatoms. The lowest BCUT2D eigenvalue weighted by atomic mass is 9.97. The second-order valence-corrected chi connectivity index (χ2v) is 4.31. The molecule has 0 atom stereocenters. The fourth-order valence-electron chi connectivity index (χ4n) is 2.26. The van der Waals surface area contributed by atoms with Crippen LogP contribution in [-0.2, 0) is 6.42 Å². The molecule has 0 amide bonds. The van der Waals surface area contributed by atoms with Crippen LogP contribution >= 0.6 is 0 Å². The van der Waals surface area contributed by atoms with Crippen LogP contribution in [0.3, 0.4) is 0 Å². The normalized spacial score (nSPS) is 13.3. The molecular formula is C15H12N2O. The summed E-state index contributed by atoms with van der Waals surface area (Å²) in [6, 6.07) is 10.2. The van der Waals surface area contributed by atoms with E-state index in [4.69, 9.17) is 10.00 Å². The Morgan fingerprint density at radius 2 is 2.22 bits per heavy atom. The summed E-state index contributed by atoms with van der Waals surface area (Å²) in [6.07, 6.45) is 5.41. The van der Waals surface area contributed by atoms with Crippen LogP contribution in [0.4, 0.5) is 0 Å². The molecular weight excluding hydrogens is 224 g/mol. The summed E-state index contributed by atoms with van der Waals surface area (Å²) >= 11 is 0. The summed E-state index contributed by atoms with van der Waals surface area (Å²) in [6.45, 7) is 0.797. The van der Waals surface area contributed by atoms with Crippen molar-refractivity contribution >= 4 is 0 Å². The van der Waals surface area contributed by atoms with Crippen LogP contribution in [0.2, 0.25) is 0 Å². The van der Waals surface area contributed by atoms with E-state index in [9.17, 15) is 0 Å². The smallest absolute Gasteiger partial charge is 0.122 e. The van der Waals surface area contributed by atoms with Gasteiger partial charge in [0.2, 0.25) is 0 Å². The van der Waals surface area contributed by atoms with Crippen molar-refractivity contribution in [1.82, 2.24) is 4.98 Å². The van der Waals surface area contributed by atoms with Gasteiger partial charge in [0.15, 0.2) is 0 Å². The first-order chi connectivity index (χ1) is 8.88. The van der Waals surface area contributed by atoms with Gasteiger partial charge < -0.3 is 4.74 Å². The summed E-state index contributed by atoms with van der Waals surface area (Å²) in [5, 5.41) is 9.10. The molecule has 0 spiro atoms. The standard InChI is InChI=1S/C15H12N2O/c16-9-13-10-17-6-5-14(13)11-3-4-15-12(8-11)2-1-7-18-15/h3-6,8,10H,1-2,7H2. The lowest BCUT2D eigenvalue weighted by Crippen LogP contribution is -2.08. The summed E-state index contributed by atoms with van der Waals surface area (Å²) in [5.41, 5.74) is 3.81. The Kier molecular flexibility index (Phi) is 2.70. The minimum Gasteiger partial charge on any atom is -0.493 e. The monoisotopic (exact) mass is 236 g/mol. The highest BCUT2D eigenvalue weighted by atomic mass is 16.5. The van der Waals surface area contributed by atoms with Crippen LogP contribution in [-0.4, -0.2) is 11.6 Å². The van der Waals surface area contributed by atoms with E-state index in [1.54, 1.807) is 12.4 Å². The topological polar surface area (TPSA) is 45.9 Å². The van der Waals surface area contributed by atoms with Crippen LogP contribution in [0.25, 0.3) is 11.1 Å². The SMILES string of the molecule is N#Cc1cnccc1-c1ccc2c(c1)CCCO2. The van der Waals surface area contributed by atoms with E-state index in [2.05, 4.69) is 17.1 Å². The number of nitriles is 1. The van der Waals surface area contributed by atoms with Gasteiger partial charge >= 0.3 is 0 Å². The van der Waals surface area contributed by atoms with Crippen molar-refractivity contribution in [2.45, 2.75) is 12.8 Å². The van der Waals surface area contributed by atoms with E-state index in [-0.39, 0.29) is 0 Å². The van der Waals surface area contributed by atoms with E-state index < -0.39 is 0 Å². The molecule has 0 bridgehead atoms. The highest BCUT2D eigenvalue weighted by Gasteiger charge is 2.12. The highest BCUT2D eigenvalue weighted by molar-refractivity contribution is 5.71. The Hall–Kier alpha value is -2.34. The Morgan fingerprint density at radius 3 is 3.11 bits per heavy atom. The van der Waals surface area contributed by atoms with Gasteiger partial charge in [-0.1, -0.05) is 6.07 Å². The Morgan fingerprint density at radius 1 is 1.28 bits per heavy atom. The molecule has 0 fully saturated rings. The van der Waals surface area contributed by atoms with Crippen LogP contribution in [0.15, 0.2) is 36.7 Å². The number of rotatable bonds is 1. The van der Waals surface area contributed by atoms with E-state index in [1.807, 2.05) is 18.2 Å². The van der Waals surface area contributed by atoms with Gasteiger partial charge in [0.25, 0.3) is 0 Å². The van der Waals surface area contributed by atoms with Crippen molar-refractivity contribution < 1.29 is 4.74 Å². The van der Waals surface area contributed by atoms with Crippen molar-refractivity contribution in [1.29, 1.82) is 5.26 Å². The maximum Gasteiger partial charge on any atom is 0.122 e. The number of ether oxygens (including phenoxy) is 1. The number of hydrogen-bond acceptors (Lipinski definition) is 3. The zero-order valence-corrected chi connectivity index (χ0v) is 9.89. The van der Waals surface area contributed by atoms with Crippen LogP contribution < -0.4 is 4.74 Å². The molecule has 1 aliphatic heterocycles. The minimum absolute atomic E-state index is 0.606. The maximum absolute atomic E-state index is 9.10. The first kappa shape index (κ1) is 10.8. The average Bonchev–Trinajstić information content (AvgIpc) is 2.46. The van der Waals surface area contributed by atoms with Gasteiger partial charge in [0, 0.05) is 18.0 Å². The summed E-state index contributed by atoms with van der Waals surface area (Å²) in [5.74, 6) is 0.970. The molecule has 18 heavy (non-hydrogen) atoms. The van der Waals surface area contributed by atoms with Crippen LogP contribution in [0.1, 0.15) is 17.5 Å².